The van der Waals surface area contributed by atoms with Crippen LogP contribution in [-0.2, 0) is 10.0 Å². The van der Waals surface area contributed by atoms with Crippen LogP contribution in [-0.4, -0.2) is 36.0 Å². The first kappa shape index (κ1) is 22.6. The molecule has 0 radical (unpaired) electrons. The SMILES string of the molecule is Cc1c(C)c(C)c(S(=O)(=O)N2CCC(c3nc(-c4ccccc4F)no3)CC2)c(C)c1C. The summed E-state index contributed by atoms with van der Waals surface area (Å²) in [5, 5.41) is 3.93. The van der Waals surface area contributed by atoms with Gasteiger partial charge in [0.05, 0.1) is 10.5 Å². The summed E-state index contributed by atoms with van der Waals surface area (Å²) in [5.74, 6) is 0.174. The molecule has 1 aliphatic heterocycles. The number of benzene rings is 2. The van der Waals surface area contributed by atoms with Gasteiger partial charge in [-0.1, -0.05) is 17.3 Å². The van der Waals surface area contributed by atoms with E-state index in [1.807, 2.05) is 34.6 Å². The average molecular weight is 458 g/mol. The molecule has 0 saturated carbocycles. The van der Waals surface area contributed by atoms with Crippen molar-refractivity contribution in [1.82, 2.24) is 14.4 Å². The number of sulfonamides is 1. The summed E-state index contributed by atoms with van der Waals surface area (Å²) in [6.07, 6.45) is 1.14. The van der Waals surface area contributed by atoms with Gasteiger partial charge in [0.1, 0.15) is 5.82 Å². The zero-order valence-corrected chi connectivity index (χ0v) is 19.9. The smallest absolute Gasteiger partial charge is 0.243 e. The van der Waals surface area contributed by atoms with Gasteiger partial charge < -0.3 is 4.52 Å². The Morgan fingerprint density at radius 2 is 1.50 bits per heavy atom. The van der Waals surface area contributed by atoms with Crippen LogP contribution in [0.5, 0.6) is 0 Å². The van der Waals surface area contributed by atoms with Crippen LogP contribution in [0.3, 0.4) is 0 Å². The predicted molar refractivity (Wildman–Crippen MR) is 121 cm³/mol. The topological polar surface area (TPSA) is 76.3 Å². The summed E-state index contributed by atoms with van der Waals surface area (Å²) in [7, 11) is -3.62. The van der Waals surface area contributed by atoms with Crippen LogP contribution in [0.1, 0.15) is 52.5 Å². The highest BCUT2D eigenvalue weighted by Crippen LogP contribution is 2.35. The van der Waals surface area contributed by atoms with Gasteiger partial charge in [0.25, 0.3) is 0 Å². The lowest BCUT2D eigenvalue weighted by molar-refractivity contribution is 0.270. The van der Waals surface area contributed by atoms with Gasteiger partial charge >= 0.3 is 0 Å². The molecule has 32 heavy (non-hydrogen) atoms. The van der Waals surface area contributed by atoms with E-state index in [4.69, 9.17) is 4.52 Å². The molecule has 0 aliphatic carbocycles. The van der Waals surface area contributed by atoms with Gasteiger partial charge in [-0.15, -0.1) is 0 Å². The minimum Gasteiger partial charge on any atom is -0.339 e. The number of rotatable bonds is 4. The molecule has 2 aromatic carbocycles. The molecule has 1 aromatic heterocycles. The Morgan fingerprint density at radius 3 is 2.09 bits per heavy atom. The zero-order valence-electron chi connectivity index (χ0n) is 19.1. The van der Waals surface area contributed by atoms with Gasteiger partial charge in [-0.2, -0.15) is 9.29 Å². The van der Waals surface area contributed by atoms with E-state index in [1.165, 1.54) is 6.07 Å². The Hall–Kier alpha value is -2.58. The van der Waals surface area contributed by atoms with E-state index >= 15 is 0 Å². The number of aromatic nitrogens is 2. The van der Waals surface area contributed by atoms with Gasteiger partial charge in [0.15, 0.2) is 0 Å². The first-order valence-electron chi connectivity index (χ1n) is 10.8. The molecule has 3 aromatic rings. The summed E-state index contributed by atoms with van der Waals surface area (Å²) >= 11 is 0. The minimum atomic E-state index is -3.62. The number of hydrogen-bond acceptors (Lipinski definition) is 5. The number of hydrogen-bond donors (Lipinski definition) is 0. The molecule has 4 rings (SSSR count). The summed E-state index contributed by atoms with van der Waals surface area (Å²) in [6, 6.07) is 6.29. The summed E-state index contributed by atoms with van der Waals surface area (Å²) in [4.78, 5) is 4.81. The van der Waals surface area contributed by atoms with Crippen molar-refractivity contribution in [3.63, 3.8) is 0 Å². The average Bonchev–Trinajstić information content (AvgIpc) is 3.27. The van der Waals surface area contributed by atoms with Crippen LogP contribution >= 0.6 is 0 Å². The van der Waals surface area contributed by atoms with Crippen LogP contribution in [0.15, 0.2) is 33.7 Å². The third kappa shape index (κ3) is 3.75. The van der Waals surface area contributed by atoms with Gasteiger partial charge in [0, 0.05) is 19.0 Å². The minimum absolute atomic E-state index is 0.0573. The number of halogens is 1. The molecule has 1 fully saturated rings. The quantitative estimate of drug-likeness (QED) is 0.552. The highest BCUT2D eigenvalue weighted by atomic mass is 32.2. The van der Waals surface area contributed by atoms with Crippen LogP contribution in [0, 0.1) is 40.4 Å². The molecule has 0 amide bonds. The summed E-state index contributed by atoms with van der Waals surface area (Å²) in [5.41, 5.74) is 5.11. The molecule has 0 atom stereocenters. The van der Waals surface area contributed by atoms with Gasteiger partial charge in [-0.3, -0.25) is 0 Å². The highest BCUT2D eigenvalue weighted by Gasteiger charge is 2.34. The number of nitrogens with zero attached hydrogens (tertiary/aromatic N) is 3. The fourth-order valence-corrected chi connectivity index (χ4v) is 6.51. The maximum Gasteiger partial charge on any atom is 0.243 e. The van der Waals surface area contributed by atoms with Crippen molar-refractivity contribution in [2.24, 2.45) is 0 Å². The molecule has 0 unspecified atom stereocenters. The van der Waals surface area contributed by atoms with E-state index in [0.717, 1.165) is 27.8 Å². The van der Waals surface area contributed by atoms with Crippen molar-refractivity contribution >= 4 is 10.0 Å². The molecule has 1 saturated heterocycles. The third-order valence-electron chi connectivity index (χ3n) is 6.89. The molecular weight excluding hydrogens is 429 g/mol. The lowest BCUT2D eigenvalue weighted by Gasteiger charge is -2.31. The number of piperidine rings is 1. The second-order valence-electron chi connectivity index (χ2n) is 8.57. The highest BCUT2D eigenvalue weighted by molar-refractivity contribution is 7.89. The zero-order chi connectivity index (χ0) is 23.2. The Balaban J connectivity index is 1.54. The van der Waals surface area contributed by atoms with Gasteiger partial charge in [-0.25, -0.2) is 12.8 Å². The first-order valence-corrected chi connectivity index (χ1v) is 12.2. The van der Waals surface area contributed by atoms with E-state index in [2.05, 4.69) is 10.1 Å². The van der Waals surface area contributed by atoms with Gasteiger partial charge in [0.2, 0.25) is 21.7 Å². The van der Waals surface area contributed by atoms with E-state index < -0.39 is 15.8 Å². The van der Waals surface area contributed by atoms with E-state index in [-0.39, 0.29) is 11.7 Å². The molecule has 0 N–H and O–H groups in total. The van der Waals surface area contributed by atoms with E-state index in [0.29, 0.717) is 42.3 Å². The first-order chi connectivity index (χ1) is 15.1. The molecule has 8 heteroatoms. The van der Waals surface area contributed by atoms with E-state index in [1.54, 1.807) is 22.5 Å². The Morgan fingerprint density at radius 1 is 0.938 bits per heavy atom. The molecule has 0 spiro atoms. The van der Waals surface area contributed by atoms with Crippen molar-refractivity contribution in [3.8, 4) is 11.4 Å². The lowest BCUT2D eigenvalue weighted by Crippen LogP contribution is -2.38. The van der Waals surface area contributed by atoms with Crippen molar-refractivity contribution in [3.05, 3.63) is 63.8 Å². The summed E-state index contributed by atoms with van der Waals surface area (Å²) < 4.78 is 48.1. The van der Waals surface area contributed by atoms with Crippen molar-refractivity contribution in [2.45, 2.75) is 58.3 Å². The fraction of sp³-hybridized carbons (Fsp3) is 0.417. The summed E-state index contributed by atoms with van der Waals surface area (Å²) in [6.45, 7) is 10.5. The Kier molecular flexibility index (Phi) is 5.94. The fourth-order valence-electron chi connectivity index (χ4n) is 4.48. The Bertz CT molecular complexity index is 1250. The maximum atomic E-state index is 14.0. The van der Waals surface area contributed by atoms with Gasteiger partial charge in [-0.05, 0) is 87.4 Å². The van der Waals surface area contributed by atoms with Crippen molar-refractivity contribution < 1.29 is 17.3 Å². The molecule has 1 aliphatic rings. The standard InChI is InChI=1S/C24H28FN3O3S/c1-14-15(2)17(4)22(18(5)16(14)3)32(29,30)28-12-10-19(11-13-28)24-26-23(27-31-24)20-8-6-7-9-21(20)25/h6-9,19H,10-13H2,1-5H3. The van der Waals surface area contributed by atoms with Crippen LogP contribution in [0.4, 0.5) is 4.39 Å². The lowest BCUT2D eigenvalue weighted by atomic mass is 9.95. The monoisotopic (exact) mass is 457 g/mol. The molecule has 170 valence electrons. The van der Waals surface area contributed by atoms with Crippen LogP contribution < -0.4 is 0 Å². The Labute approximate surface area is 188 Å². The van der Waals surface area contributed by atoms with Crippen LogP contribution in [0.2, 0.25) is 0 Å². The second kappa shape index (κ2) is 8.41. The van der Waals surface area contributed by atoms with Crippen LogP contribution in [0.25, 0.3) is 11.4 Å². The molecule has 0 bridgehead atoms. The maximum absolute atomic E-state index is 14.0. The molecule has 6 nitrogen and oxygen atoms in total. The second-order valence-corrected chi connectivity index (χ2v) is 10.4. The van der Waals surface area contributed by atoms with Crippen molar-refractivity contribution in [1.29, 1.82) is 0 Å². The predicted octanol–water partition coefficient (Wildman–Crippen LogP) is 4.99. The van der Waals surface area contributed by atoms with E-state index in [9.17, 15) is 12.8 Å². The third-order valence-corrected chi connectivity index (χ3v) is 9.06. The molecular formula is C24H28FN3O3S. The largest absolute Gasteiger partial charge is 0.339 e. The molecule has 2 heterocycles. The van der Waals surface area contributed by atoms with Crippen molar-refractivity contribution in [2.75, 3.05) is 13.1 Å². The normalized spacial score (nSPS) is 15.9.